The molecule has 0 unspecified atom stereocenters. The smallest absolute Gasteiger partial charge is 0.263 e. The highest BCUT2D eigenvalue weighted by Crippen LogP contribution is 2.31. The molecule has 2 aromatic carbocycles. The first kappa shape index (κ1) is 20.9. The molecule has 0 saturated carbocycles. The first-order valence-electron chi connectivity index (χ1n) is 9.60. The van der Waals surface area contributed by atoms with Gasteiger partial charge in [-0.15, -0.1) is 10.2 Å². The largest absolute Gasteiger partial charge is 0.355 e. The number of anilines is 2. The van der Waals surface area contributed by atoms with Crippen LogP contribution in [0.2, 0.25) is 10.0 Å². The molecule has 0 atom stereocenters. The van der Waals surface area contributed by atoms with Gasteiger partial charge in [-0.1, -0.05) is 41.4 Å². The summed E-state index contributed by atoms with van der Waals surface area (Å²) < 4.78 is 28.1. The Bertz CT molecular complexity index is 1150. The lowest BCUT2D eigenvalue weighted by atomic mass is 10.1. The maximum absolute atomic E-state index is 12.8. The summed E-state index contributed by atoms with van der Waals surface area (Å²) in [5.41, 5.74) is 1.81. The number of hydrogen-bond donors (Lipinski definition) is 1. The molecule has 1 saturated heterocycles. The first-order valence-corrected chi connectivity index (χ1v) is 11.8. The van der Waals surface area contributed by atoms with Crippen LogP contribution in [0.3, 0.4) is 0 Å². The Hall–Kier alpha value is -2.35. The van der Waals surface area contributed by atoms with Gasteiger partial charge in [0.15, 0.2) is 5.82 Å². The average molecular weight is 463 g/mol. The van der Waals surface area contributed by atoms with Crippen molar-refractivity contribution in [1.29, 1.82) is 0 Å². The van der Waals surface area contributed by atoms with Gasteiger partial charge in [0.1, 0.15) is 4.90 Å². The molecular formula is C21H20Cl2N4O2S. The minimum absolute atomic E-state index is 0.0120. The van der Waals surface area contributed by atoms with Crippen molar-refractivity contribution >= 4 is 44.7 Å². The maximum Gasteiger partial charge on any atom is 0.263 e. The summed E-state index contributed by atoms with van der Waals surface area (Å²) in [5, 5.41) is 8.86. The zero-order chi connectivity index (χ0) is 21.1. The first-order chi connectivity index (χ1) is 14.4. The highest BCUT2D eigenvalue weighted by atomic mass is 35.5. The third kappa shape index (κ3) is 4.53. The van der Waals surface area contributed by atoms with Gasteiger partial charge < -0.3 is 4.90 Å². The zero-order valence-corrected chi connectivity index (χ0v) is 18.4. The third-order valence-corrected chi connectivity index (χ3v) is 7.30. The van der Waals surface area contributed by atoms with Crippen LogP contribution in [-0.2, 0) is 10.0 Å². The normalized spacial score (nSPS) is 14.5. The lowest BCUT2D eigenvalue weighted by Gasteiger charge is -2.27. The number of aromatic nitrogens is 2. The van der Waals surface area contributed by atoms with E-state index in [2.05, 4.69) is 19.8 Å². The van der Waals surface area contributed by atoms with Crippen LogP contribution in [0.1, 0.15) is 19.3 Å². The molecule has 9 heteroatoms. The van der Waals surface area contributed by atoms with Crippen LogP contribution in [0.15, 0.2) is 59.5 Å². The Morgan fingerprint density at radius 2 is 1.67 bits per heavy atom. The van der Waals surface area contributed by atoms with Crippen LogP contribution in [0.25, 0.3) is 11.3 Å². The molecule has 4 rings (SSSR count). The Labute approximate surface area is 185 Å². The van der Waals surface area contributed by atoms with Gasteiger partial charge in [0, 0.05) is 24.3 Å². The monoisotopic (exact) mass is 462 g/mol. The van der Waals surface area contributed by atoms with Gasteiger partial charge in [-0.3, -0.25) is 4.72 Å². The molecule has 3 aromatic rings. The van der Waals surface area contributed by atoms with E-state index in [0.29, 0.717) is 11.4 Å². The summed E-state index contributed by atoms with van der Waals surface area (Å²) in [6, 6.07) is 15.3. The van der Waals surface area contributed by atoms with E-state index in [1.54, 1.807) is 24.3 Å². The molecule has 1 aromatic heterocycles. The molecule has 1 N–H and O–H groups in total. The van der Waals surface area contributed by atoms with Crippen LogP contribution in [0.4, 0.5) is 11.5 Å². The molecule has 1 fully saturated rings. The van der Waals surface area contributed by atoms with E-state index in [9.17, 15) is 8.42 Å². The number of rotatable bonds is 5. The van der Waals surface area contributed by atoms with Crippen molar-refractivity contribution in [3.8, 4) is 11.3 Å². The van der Waals surface area contributed by atoms with Crippen LogP contribution >= 0.6 is 23.2 Å². The van der Waals surface area contributed by atoms with E-state index in [-0.39, 0.29) is 14.9 Å². The molecule has 2 heterocycles. The SMILES string of the molecule is O=S(=O)(Nc1cccc(-c2ccc(N3CCCCC3)nn2)c1)c1cccc(Cl)c1Cl. The second kappa shape index (κ2) is 8.79. The van der Waals surface area contributed by atoms with E-state index < -0.39 is 10.0 Å². The average Bonchev–Trinajstić information content (AvgIpc) is 2.76. The number of piperidine rings is 1. The summed E-state index contributed by atoms with van der Waals surface area (Å²) >= 11 is 12.0. The second-order valence-electron chi connectivity index (χ2n) is 7.06. The fourth-order valence-electron chi connectivity index (χ4n) is 3.41. The fourth-order valence-corrected chi connectivity index (χ4v) is 5.23. The van der Waals surface area contributed by atoms with Crippen LogP contribution in [0.5, 0.6) is 0 Å². The summed E-state index contributed by atoms with van der Waals surface area (Å²) in [6.45, 7) is 1.99. The molecule has 0 radical (unpaired) electrons. The highest BCUT2D eigenvalue weighted by Gasteiger charge is 2.20. The van der Waals surface area contributed by atoms with Gasteiger partial charge in [-0.05, 0) is 55.7 Å². The molecule has 30 heavy (non-hydrogen) atoms. The zero-order valence-electron chi connectivity index (χ0n) is 16.1. The Morgan fingerprint density at radius 3 is 2.40 bits per heavy atom. The van der Waals surface area contributed by atoms with Gasteiger partial charge in [0.25, 0.3) is 10.0 Å². The highest BCUT2D eigenvalue weighted by molar-refractivity contribution is 7.92. The van der Waals surface area contributed by atoms with Crippen molar-refractivity contribution in [3.05, 3.63) is 64.6 Å². The van der Waals surface area contributed by atoms with E-state index in [1.165, 1.54) is 31.4 Å². The Morgan fingerprint density at radius 1 is 0.900 bits per heavy atom. The van der Waals surface area contributed by atoms with Gasteiger partial charge in [0.2, 0.25) is 0 Å². The molecule has 0 spiro atoms. The van der Waals surface area contributed by atoms with Crippen molar-refractivity contribution in [2.24, 2.45) is 0 Å². The molecule has 0 bridgehead atoms. The van der Waals surface area contributed by atoms with Crippen molar-refractivity contribution in [1.82, 2.24) is 10.2 Å². The molecular weight excluding hydrogens is 443 g/mol. The topological polar surface area (TPSA) is 75.2 Å². The van der Waals surface area contributed by atoms with E-state index in [4.69, 9.17) is 23.2 Å². The maximum atomic E-state index is 12.8. The lowest BCUT2D eigenvalue weighted by molar-refractivity contribution is 0.571. The summed E-state index contributed by atoms with van der Waals surface area (Å²) in [5.74, 6) is 0.867. The molecule has 6 nitrogen and oxygen atoms in total. The van der Waals surface area contributed by atoms with Crippen LogP contribution < -0.4 is 9.62 Å². The number of nitrogens with zero attached hydrogens (tertiary/aromatic N) is 3. The summed E-state index contributed by atoms with van der Waals surface area (Å²) in [6.07, 6.45) is 3.59. The van der Waals surface area contributed by atoms with E-state index >= 15 is 0 Å². The number of sulfonamides is 1. The predicted octanol–water partition coefficient (Wildman–Crippen LogP) is 5.24. The predicted molar refractivity (Wildman–Crippen MR) is 121 cm³/mol. The Kier molecular flexibility index (Phi) is 6.13. The molecule has 156 valence electrons. The fraction of sp³-hybridized carbons (Fsp3) is 0.238. The van der Waals surface area contributed by atoms with Gasteiger partial charge in [-0.25, -0.2) is 8.42 Å². The lowest BCUT2D eigenvalue weighted by Crippen LogP contribution is -2.30. The van der Waals surface area contributed by atoms with Gasteiger partial charge in [-0.2, -0.15) is 0 Å². The minimum atomic E-state index is -3.90. The number of benzene rings is 2. The summed E-state index contributed by atoms with van der Waals surface area (Å²) in [7, 11) is -3.90. The minimum Gasteiger partial charge on any atom is -0.355 e. The second-order valence-corrected chi connectivity index (χ2v) is 9.50. The van der Waals surface area contributed by atoms with Crippen molar-refractivity contribution in [2.75, 3.05) is 22.7 Å². The molecule has 1 aliphatic rings. The van der Waals surface area contributed by atoms with E-state index in [0.717, 1.165) is 24.5 Å². The molecule has 0 aliphatic carbocycles. The van der Waals surface area contributed by atoms with Gasteiger partial charge in [0.05, 0.1) is 15.7 Å². The number of hydrogen-bond acceptors (Lipinski definition) is 5. The standard InChI is InChI=1S/C21H20Cl2N4O2S/c22-17-8-5-9-19(21(17)23)30(28,29)26-16-7-4-6-15(14-16)18-10-11-20(25-24-18)27-12-2-1-3-13-27/h4-11,14,26H,1-3,12-13H2. The molecule has 1 aliphatic heterocycles. The van der Waals surface area contributed by atoms with Crippen LogP contribution in [0, 0.1) is 0 Å². The number of halogens is 2. The summed E-state index contributed by atoms with van der Waals surface area (Å²) in [4.78, 5) is 2.16. The Balaban J connectivity index is 1.56. The number of nitrogens with one attached hydrogen (secondary N) is 1. The van der Waals surface area contributed by atoms with E-state index in [1.807, 2.05) is 18.2 Å². The van der Waals surface area contributed by atoms with Crippen molar-refractivity contribution in [3.63, 3.8) is 0 Å². The van der Waals surface area contributed by atoms with Crippen molar-refractivity contribution < 1.29 is 8.42 Å². The quantitative estimate of drug-likeness (QED) is 0.560. The van der Waals surface area contributed by atoms with Crippen LogP contribution in [-0.4, -0.2) is 31.7 Å². The third-order valence-electron chi connectivity index (χ3n) is 4.95. The molecule has 0 amide bonds. The van der Waals surface area contributed by atoms with Crippen molar-refractivity contribution in [2.45, 2.75) is 24.2 Å². The van der Waals surface area contributed by atoms with Gasteiger partial charge >= 0.3 is 0 Å².